The first kappa shape index (κ1) is 12.7. The van der Waals surface area contributed by atoms with Crippen LogP contribution in [0.3, 0.4) is 0 Å². The molecule has 3 rings (SSSR count). The molecule has 2 heteroatoms. The minimum Gasteiger partial charge on any atom is -0.389 e. The summed E-state index contributed by atoms with van der Waals surface area (Å²) in [7, 11) is 0. The molecule has 0 aliphatic heterocycles. The Labute approximate surface area is 118 Å². The molecule has 1 aromatic carbocycles. The first-order valence-corrected chi connectivity index (χ1v) is 7.94. The maximum Gasteiger partial charge on any atom is 0.0743 e. The maximum absolute atomic E-state index is 11.2. The molecule has 0 atom stereocenters. The average molecular weight is 309 g/mol. The van der Waals surface area contributed by atoms with Crippen LogP contribution >= 0.6 is 15.9 Å². The van der Waals surface area contributed by atoms with Crippen LogP contribution in [0.4, 0.5) is 0 Å². The molecule has 0 heterocycles. The van der Waals surface area contributed by atoms with Crippen LogP contribution in [0.25, 0.3) is 0 Å². The van der Waals surface area contributed by atoms with E-state index in [4.69, 9.17) is 0 Å². The predicted molar refractivity (Wildman–Crippen MR) is 77.5 cm³/mol. The van der Waals surface area contributed by atoms with E-state index in [2.05, 4.69) is 40.2 Å². The third-order valence-corrected chi connectivity index (χ3v) is 5.55. The van der Waals surface area contributed by atoms with Gasteiger partial charge >= 0.3 is 0 Å². The van der Waals surface area contributed by atoms with Crippen molar-refractivity contribution in [2.24, 2.45) is 11.8 Å². The lowest BCUT2D eigenvalue weighted by atomic mass is 9.59. The lowest BCUT2D eigenvalue weighted by Crippen LogP contribution is -2.52. The van der Waals surface area contributed by atoms with Crippen molar-refractivity contribution < 1.29 is 5.11 Å². The lowest BCUT2D eigenvalue weighted by molar-refractivity contribution is -0.118. The minimum absolute atomic E-state index is 0.426. The van der Waals surface area contributed by atoms with E-state index < -0.39 is 5.60 Å². The van der Waals surface area contributed by atoms with Crippen molar-refractivity contribution in [3.8, 4) is 0 Å². The van der Waals surface area contributed by atoms with Crippen molar-refractivity contribution in [1.29, 1.82) is 0 Å². The van der Waals surface area contributed by atoms with Crippen molar-refractivity contribution in [2.75, 3.05) is 0 Å². The topological polar surface area (TPSA) is 20.2 Å². The highest BCUT2D eigenvalue weighted by atomic mass is 79.9. The summed E-state index contributed by atoms with van der Waals surface area (Å²) in [5.41, 5.74) is 0.851. The van der Waals surface area contributed by atoms with Crippen LogP contribution in [-0.2, 0) is 6.42 Å². The molecule has 1 nitrogen and oxygen atoms in total. The fraction of sp³-hybridized carbons (Fsp3) is 0.625. The molecule has 98 valence electrons. The predicted octanol–water partition coefficient (Wildman–Crippen LogP) is 4.32. The highest BCUT2D eigenvalue weighted by molar-refractivity contribution is 9.10. The van der Waals surface area contributed by atoms with Gasteiger partial charge in [-0.1, -0.05) is 40.9 Å². The van der Waals surface area contributed by atoms with Crippen LogP contribution in [0.15, 0.2) is 28.7 Å². The molecule has 2 saturated carbocycles. The summed E-state index contributed by atoms with van der Waals surface area (Å²) in [5.74, 6) is 1.10. The zero-order valence-corrected chi connectivity index (χ0v) is 12.3. The van der Waals surface area contributed by atoms with Gasteiger partial charge in [-0.3, -0.25) is 0 Å². The third kappa shape index (κ3) is 2.25. The molecule has 18 heavy (non-hydrogen) atoms. The Bertz CT molecular complexity index is 390. The van der Waals surface area contributed by atoms with Crippen molar-refractivity contribution in [1.82, 2.24) is 0 Å². The van der Waals surface area contributed by atoms with Crippen molar-refractivity contribution in [2.45, 2.75) is 50.5 Å². The number of hydrogen-bond donors (Lipinski definition) is 1. The van der Waals surface area contributed by atoms with Crippen LogP contribution in [0.2, 0.25) is 0 Å². The van der Waals surface area contributed by atoms with Gasteiger partial charge < -0.3 is 5.11 Å². The van der Waals surface area contributed by atoms with Gasteiger partial charge in [0, 0.05) is 10.9 Å². The van der Waals surface area contributed by atoms with Crippen molar-refractivity contribution in [3.05, 3.63) is 34.3 Å². The summed E-state index contributed by atoms with van der Waals surface area (Å²) in [4.78, 5) is 0. The quantitative estimate of drug-likeness (QED) is 0.878. The molecule has 1 N–H and O–H groups in total. The molecule has 0 unspecified atom stereocenters. The Morgan fingerprint density at radius 1 is 1.00 bits per heavy atom. The van der Waals surface area contributed by atoms with Crippen molar-refractivity contribution >= 4 is 15.9 Å². The molecule has 2 fully saturated rings. The van der Waals surface area contributed by atoms with E-state index in [1.807, 2.05) is 0 Å². The summed E-state index contributed by atoms with van der Waals surface area (Å²) in [6.45, 7) is 0. The summed E-state index contributed by atoms with van der Waals surface area (Å²) in [5, 5.41) is 11.2. The second-order valence-electron chi connectivity index (χ2n) is 6.05. The third-order valence-electron chi connectivity index (χ3n) is 5.02. The van der Waals surface area contributed by atoms with Gasteiger partial charge in [-0.2, -0.15) is 0 Å². The van der Waals surface area contributed by atoms with Gasteiger partial charge in [0.2, 0.25) is 0 Å². The van der Waals surface area contributed by atoms with Gasteiger partial charge in [0.25, 0.3) is 0 Å². The highest BCUT2D eigenvalue weighted by Crippen LogP contribution is 2.48. The van der Waals surface area contributed by atoms with Crippen LogP contribution in [0.5, 0.6) is 0 Å². The Balaban J connectivity index is 1.78. The molecule has 0 amide bonds. The minimum atomic E-state index is -0.426. The lowest BCUT2D eigenvalue weighted by Gasteiger charge is -2.50. The number of halogens is 1. The summed E-state index contributed by atoms with van der Waals surface area (Å²) in [6, 6.07) is 8.45. The smallest absolute Gasteiger partial charge is 0.0743 e. The first-order chi connectivity index (χ1) is 8.68. The summed E-state index contributed by atoms with van der Waals surface area (Å²) < 4.78 is 1.11. The SMILES string of the molecule is OC(Cc1ccc(Br)cc1)(C1CCC1)C1CCC1. The highest BCUT2D eigenvalue weighted by Gasteiger charge is 2.47. The number of benzene rings is 1. The van der Waals surface area contributed by atoms with E-state index in [9.17, 15) is 5.11 Å². The van der Waals surface area contributed by atoms with Crippen LogP contribution in [0.1, 0.15) is 44.1 Å². The summed E-state index contributed by atoms with van der Waals surface area (Å²) >= 11 is 3.47. The van der Waals surface area contributed by atoms with E-state index in [-0.39, 0.29) is 0 Å². The van der Waals surface area contributed by atoms with E-state index in [0.717, 1.165) is 10.9 Å². The number of aliphatic hydroxyl groups is 1. The van der Waals surface area contributed by atoms with Gasteiger partial charge in [0.15, 0.2) is 0 Å². The Kier molecular flexibility index (Phi) is 3.50. The van der Waals surface area contributed by atoms with Crippen LogP contribution in [0, 0.1) is 11.8 Å². The monoisotopic (exact) mass is 308 g/mol. The molecule has 0 spiro atoms. The van der Waals surface area contributed by atoms with E-state index >= 15 is 0 Å². The van der Waals surface area contributed by atoms with Gasteiger partial charge in [-0.05, 0) is 55.2 Å². The molecule has 2 aliphatic rings. The van der Waals surface area contributed by atoms with Gasteiger partial charge in [-0.15, -0.1) is 0 Å². The number of hydrogen-bond acceptors (Lipinski definition) is 1. The molecule has 0 radical (unpaired) electrons. The van der Waals surface area contributed by atoms with Gasteiger partial charge in [-0.25, -0.2) is 0 Å². The molecule has 1 aromatic rings. The zero-order chi connectivity index (χ0) is 12.6. The molecule has 0 aromatic heterocycles. The molecular formula is C16H21BrO. The standard InChI is InChI=1S/C16H21BrO/c17-15-9-7-12(8-10-15)11-16(18,13-3-1-4-13)14-5-2-6-14/h7-10,13-14,18H,1-6,11H2. The fourth-order valence-electron chi connectivity index (χ4n) is 3.37. The second kappa shape index (κ2) is 4.97. The van der Waals surface area contributed by atoms with Crippen LogP contribution in [-0.4, -0.2) is 10.7 Å². The van der Waals surface area contributed by atoms with E-state index in [0.29, 0.717) is 11.8 Å². The molecule has 0 bridgehead atoms. The van der Waals surface area contributed by atoms with Gasteiger partial charge in [0.1, 0.15) is 0 Å². The summed E-state index contributed by atoms with van der Waals surface area (Å²) in [6.07, 6.45) is 8.36. The Hall–Kier alpha value is -0.340. The zero-order valence-electron chi connectivity index (χ0n) is 10.7. The molecule has 2 aliphatic carbocycles. The van der Waals surface area contributed by atoms with E-state index in [1.165, 1.54) is 44.1 Å². The van der Waals surface area contributed by atoms with Gasteiger partial charge in [0.05, 0.1) is 5.60 Å². The fourth-order valence-corrected chi connectivity index (χ4v) is 3.63. The average Bonchev–Trinajstić information content (AvgIpc) is 2.15. The first-order valence-electron chi connectivity index (χ1n) is 7.15. The molecular weight excluding hydrogens is 288 g/mol. The second-order valence-corrected chi connectivity index (χ2v) is 6.97. The number of rotatable bonds is 4. The Morgan fingerprint density at radius 2 is 1.50 bits per heavy atom. The van der Waals surface area contributed by atoms with E-state index in [1.54, 1.807) is 0 Å². The van der Waals surface area contributed by atoms with Crippen LogP contribution < -0.4 is 0 Å². The normalized spacial score (nSPS) is 21.4. The maximum atomic E-state index is 11.2. The largest absolute Gasteiger partial charge is 0.389 e. The molecule has 0 saturated heterocycles. The van der Waals surface area contributed by atoms with Crippen molar-refractivity contribution in [3.63, 3.8) is 0 Å². The Morgan fingerprint density at radius 3 is 1.89 bits per heavy atom.